The third kappa shape index (κ3) is 5.44. The van der Waals surface area contributed by atoms with Crippen molar-refractivity contribution in [2.24, 2.45) is 0 Å². The van der Waals surface area contributed by atoms with E-state index < -0.39 is 0 Å². The summed E-state index contributed by atoms with van der Waals surface area (Å²) < 4.78 is 0. The van der Waals surface area contributed by atoms with Gasteiger partial charge in [-0.25, -0.2) is 4.98 Å². The fourth-order valence-electron chi connectivity index (χ4n) is 3.59. The standard InChI is InChI=1S/C21H30N4.ClH/c1-3-25(20-10-7-14-22-15-13-20)17-18-11-12-21(23-16-18)24(2)19-8-5-4-6-9-19;/h4-6,8-9,11-12,16,20,22H,3,7,10,13-15,17H2,1-2H3;1H. The number of hydrogen-bond acceptors (Lipinski definition) is 4. The lowest BCUT2D eigenvalue weighted by Crippen LogP contribution is -2.35. The molecule has 1 unspecified atom stereocenters. The van der Waals surface area contributed by atoms with Crippen LogP contribution in [-0.4, -0.2) is 42.6 Å². The molecule has 0 bridgehead atoms. The Labute approximate surface area is 164 Å². The molecule has 0 saturated carbocycles. The summed E-state index contributed by atoms with van der Waals surface area (Å²) in [5, 5.41) is 3.51. The van der Waals surface area contributed by atoms with E-state index >= 15 is 0 Å². The number of nitrogens with one attached hydrogen (secondary N) is 1. The van der Waals surface area contributed by atoms with Gasteiger partial charge in [-0.2, -0.15) is 0 Å². The highest BCUT2D eigenvalue weighted by Gasteiger charge is 2.19. The maximum absolute atomic E-state index is 4.69. The molecule has 1 aliphatic rings. The van der Waals surface area contributed by atoms with Gasteiger partial charge in [0.05, 0.1) is 0 Å². The van der Waals surface area contributed by atoms with Crippen LogP contribution in [0.25, 0.3) is 0 Å². The first-order valence-corrected chi connectivity index (χ1v) is 9.46. The third-order valence-electron chi connectivity index (χ3n) is 5.15. The molecule has 0 amide bonds. The Morgan fingerprint density at radius 3 is 2.58 bits per heavy atom. The number of nitrogens with zero attached hydrogens (tertiary/aromatic N) is 3. The molecular formula is C21H31ClN4. The molecule has 1 aromatic heterocycles. The molecule has 142 valence electrons. The van der Waals surface area contributed by atoms with E-state index in [1.54, 1.807) is 0 Å². The topological polar surface area (TPSA) is 31.4 Å². The number of aromatic nitrogens is 1. The third-order valence-corrected chi connectivity index (χ3v) is 5.15. The van der Waals surface area contributed by atoms with Crippen LogP contribution in [0.5, 0.6) is 0 Å². The minimum atomic E-state index is 0. The summed E-state index contributed by atoms with van der Waals surface area (Å²) in [6.07, 6.45) is 5.85. The second-order valence-corrected chi connectivity index (χ2v) is 6.82. The largest absolute Gasteiger partial charge is 0.329 e. The van der Waals surface area contributed by atoms with Gasteiger partial charge >= 0.3 is 0 Å². The Morgan fingerprint density at radius 2 is 1.88 bits per heavy atom. The van der Waals surface area contributed by atoms with Crippen LogP contribution in [0, 0.1) is 0 Å². The lowest BCUT2D eigenvalue weighted by Gasteiger charge is -2.30. The van der Waals surface area contributed by atoms with Crippen LogP contribution < -0.4 is 10.2 Å². The molecule has 0 radical (unpaired) electrons. The van der Waals surface area contributed by atoms with Crippen LogP contribution in [-0.2, 0) is 6.54 Å². The van der Waals surface area contributed by atoms with Gasteiger partial charge in [0.25, 0.3) is 0 Å². The molecular weight excluding hydrogens is 344 g/mol. The summed E-state index contributed by atoms with van der Waals surface area (Å²) in [7, 11) is 2.06. The van der Waals surface area contributed by atoms with Crippen molar-refractivity contribution in [1.29, 1.82) is 0 Å². The summed E-state index contributed by atoms with van der Waals surface area (Å²) in [5.41, 5.74) is 2.45. The summed E-state index contributed by atoms with van der Waals surface area (Å²) >= 11 is 0. The molecule has 0 spiro atoms. The monoisotopic (exact) mass is 374 g/mol. The van der Waals surface area contributed by atoms with Crippen molar-refractivity contribution in [3.05, 3.63) is 54.2 Å². The summed E-state index contributed by atoms with van der Waals surface area (Å²) in [6.45, 7) is 6.65. The van der Waals surface area contributed by atoms with Crippen LogP contribution >= 0.6 is 12.4 Å². The molecule has 1 saturated heterocycles. The Kier molecular flexibility index (Phi) is 8.36. The van der Waals surface area contributed by atoms with Crippen molar-refractivity contribution >= 4 is 23.9 Å². The molecule has 26 heavy (non-hydrogen) atoms. The average molecular weight is 375 g/mol. The molecule has 2 aromatic rings. The van der Waals surface area contributed by atoms with Crippen molar-refractivity contribution in [2.75, 3.05) is 31.6 Å². The molecule has 1 aromatic carbocycles. The van der Waals surface area contributed by atoms with Gasteiger partial charge in [-0.15, -0.1) is 12.4 Å². The smallest absolute Gasteiger partial charge is 0.132 e. The van der Waals surface area contributed by atoms with Crippen molar-refractivity contribution in [1.82, 2.24) is 15.2 Å². The highest BCUT2D eigenvalue weighted by Crippen LogP contribution is 2.22. The summed E-state index contributed by atoms with van der Waals surface area (Å²) in [5.74, 6) is 0.983. The zero-order chi connectivity index (χ0) is 17.5. The highest BCUT2D eigenvalue weighted by atomic mass is 35.5. The lowest BCUT2D eigenvalue weighted by atomic mass is 10.1. The number of anilines is 2. The molecule has 1 fully saturated rings. The maximum Gasteiger partial charge on any atom is 0.132 e. The van der Waals surface area contributed by atoms with Gasteiger partial charge in [0.15, 0.2) is 0 Å². The van der Waals surface area contributed by atoms with E-state index in [4.69, 9.17) is 4.98 Å². The summed E-state index contributed by atoms with van der Waals surface area (Å²) in [4.78, 5) is 9.42. The van der Waals surface area contributed by atoms with Crippen LogP contribution in [0.15, 0.2) is 48.7 Å². The number of halogens is 1. The Hall–Kier alpha value is -1.62. The second-order valence-electron chi connectivity index (χ2n) is 6.82. The van der Waals surface area contributed by atoms with Crippen molar-refractivity contribution < 1.29 is 0 Å². The van der Waals surface area contributed by atoms with E-state index in [1.807, 2.05) is 12.3 Å². The zero-order valence-electron chi connectivity index (χ0n) is 15.9. The van der Waals surface area contributed by atoms with Gasteiger partial charge in [-0.05, 0) is 62.7 Å². The minimum Gasteiger partial charge on any atom is -0.329 e. The van der Waals surface area contributed by atoms with Crippen LogP contribution in [0.1, 0.15) is 31.7 Å². The van der Waals surface area contributed by atoms with E-state index in [0.29, 0.717) is 6.04 Å². The zero-order valence-corrected chi connectivity index (χ0v) is 16.7. The Morgan fingerprint density at radius 1 is 1.08 bits per heavy atom. The number of hydrogen-bond donors (Lipinski definition) is 1. The number of pyridine rings is 1. The minimum absolute atomic E-state index is 0. The van der Waals surface area contributed by atoms with E-state index in [9.17, 15) is 0 Å². The fourth-order valence-corrected chi connectivity index (χ4v) is 3.59. The fraction of sp³-hybridized carbons (Fsp3) is 0.476. The summed E-state index contributed by atoms with van der Waals surface area (Å²) in [6, 6.07) is 15.4. The molecule has 3 rings (SSSR count). The predicted octanol–water partition coefficient (Wildman–Crippen LogP) is 4.24. The molecule has 1 atom stereocenters. The Balaban J connectivity index is 0.00000243. The van der Waals surface area contributed by atoms with Crippen LogP contribution in [0.4, 0.5) is 11.5 Å². The van der Waals surface area contributed by atoms with E-state index in [-0.39, 0.29) is 12.4 Å². The lowest BCUT2D eigenvalue weighted by molar-refractivity contribution is 0.182. The number of benzene rings is 1. The van der Waals surface area contributed by atoms with Gasteiger partial charge in [0, 0.05) is 31.5 Å². The molecule has 1 N–H and O–H groups in total. The Bertz CT molecular complexity index is 624. The van der Waals surface area contributed by atoms with E-state index in [2.05, 4.69) is 65.5 Å². The van der Waals surface area contributed by atoms with Crippen molar-refractivity contribution in [3.63, 3.8) is 0 Å². The van der Waals surface area contributed by atoms with E-state index in [1.165, 1.54) is 24.8 Å². The van der Waals surface area contributed by atoms with E-state index in [0.717, 1.165) is 37.7 Å². The van der Waals surface area contributed by atoms with Gasteiger partial charge in [-0.3, -0.25) is 4.90 Å². The van der Waals surface area contributed by atoms with Gasteiger partial charge < -0.3 is 10.2 Å². The van der Waals surface area contributed by atoms with Crippen molar-refractivity contribution in [2.45, 2.75) is 38.8 Å². The number of rotatable bonds is 6. The first-order valence-electron chi connectivity index (χ1n) is 9.46. The SMILES string of the molecule is CCN(Cc1ccc(N(C)c2ccccc2)nc1)C1CCCNCC1.Cl. The maximum atomic E-state index is 4.69. The van der Waals surface area contributed by atoms with Crippen LogP contribution in [0.2, 0.25) is 0 Å². The van der Waals surface area contributed by atoms with Gasteiger partial charge in [0.2, 0.25) is 0 Å². The molecule has 0 aliphatic carbocycles. The second kappa shape index (κ2) is 10.5. The normalized spacial score (nSPS) is 17.4. The first-order chi connectivity index (χ1) is 12.3. The molecule has 5 heteroatoms. The quantitative estimate of drug-likeness (QED) is 0.819. The first kappa shape index (κ1) is 20.7. The van der Waals surface area contributed by atoms with Crippen LogP contribution in [0.3, 0.4) is 0 Å². The number of para-hydroxylation sites is 1. The van der Waals surface area contributed by atoms with Gasteiger partial charge in [-0.1, -0.05) is 31.2 Å². The highest BCUT2D eigenvalue weighted by molar-refractivity contribution is 5.85. The molecule has 1 aliphatic heterocycles. The van der Waals surface area contributed by atoms with Gasteiger partial charge in [0.1, 0.15) is 5.82 Å². The molecule has 2 heterocycles. The predicted molar refractivity (Wildman–Crippen MR) is 113 cm³/mol. The van der Waals surface area contributed by atoms with Crippen molar-refractivity contribution in [3.8, 4) is 0 Å². The average Bonchev–Trinajstić information content (AvgIpc) is 2.96. The molecule has 4 nitrogen and oxygen atoms in total.